The summed E-state index contributed by atoms with van der Waals surface area (Å²) in [4.78, 5) is 10.5. The fourth-order valence-electron chi connectivity index (χ4n) is 1.65. The number of methoxy groups -OCH3 is 1. The van der Waals surface area contributed by atoms with Crippen LogP contribution in [0.25, 0.3) is 0 Å². The van der Waals surface area contributed by atoms with Crippen LogP contribution in [0.5, 0.6) is 0 Å². The molecule has 0 saturated heterocycles. The van der Waals surface area contributed by atoms with E-state index in [1.807, 2.05) is 30.3 Å². The summed E-state index contributed by atoms with van der Waals surface area (Å²) in [6.45, 7) is 0. The third kappa shape index (κ3) is 2.92. The summed E-state index contributed by atoms with van der Waals surface area (Å²) in [5, 5.41) is 19.0. The molecule has 2 rings (SSSR count). The molecule has 0 amide bonds. The van der Waals surface area contributed by atoms with E-state index >= 15 is 0 Å². The molecule has 98 valence electrons. The minimum atomic E-state index is -1.48. The molecule has 0 aromatic heterocycles. The van der Waals surface area contributed by atoms with Gasteiger partial charge in [-0.05, 0) is 24.3 Å². The standard InChI is InChI=1S/C13H13N3O3/c1-19-13(16(17)18)9-7-12(8-10-13)15-14-11-5-3-2-4-6-11/h2-9H,10H2,1H3. The average Bonchev–Trinajstić information content (AvgIpc) is 2.46. The molecule has 0 spiro atoms. The summed E-state index contributed by atoms with van der Waals surface area (Å²) < 4.78 is 4.95. The maximum atomic E-state index is 10.9. The van der Waals surface area contributed by atoms with Gasteiger partial charge < -0.3 is 4.74 Å². The van der Waals surface area contributed by atoms with Crippen LogP contribution in [0.15, 0.2) is 64.5 Å². The predicted octanol–water partition coefficient (Wildman–Crippen LogP) is 3.23. The van der Waals surface area contributed by atoms with Crippen molar-refractivity contribution < 1.29 is 9.66 Å². The molecule has 0 bridgehead atoms. The first kappa shape index (κ1) is 13.1. The Labute approximate surface area is 110 Å². The second-order valence-corrected chi connectivity index (χ2v) is 4.01. The average molecular weight is 259 g/mol. The first-order valence-electron chi connectivity index (χ1n) is 5.72. The van der Waals surface area contributed by atoms with Crippen LogP contribution in [0.3, 0.4) is 0 Å². The van der Waals surface area contributed by atoms with E-state index < -0.39 is 10.6 Å². The predicted molar refractivity (Wildman–Crippen MR) is 69.5 cm³/mol. The summed E-state index contributed by atoms with van der Waals surface area (Å²) in [5.41, 5.74) is -0.167. The van der Waals surface area contributed by atoms with E-state index in [2.05, 4.69) is 10.2 Å². The van der Waals surface area contributed by atoms with E-state index in [1.54, 1.807) is 12.2 Å². The highest BCUT2D eigenvalue weighted by molar-refractivity contribution is 5.35. The molecule has 0 fully saturated rings. The Morgan fingerprint density at radius 3 is 2.58 bits per heavy atom. The number of hydrogen-bond acceptors (Lipinski definition) is 5. The van der Waals surface area contributed by atoms with Crippen LogP contribution in [0.1, 0.15) is 6.42 Å². The minimum Gasteiger partial charge on any atom is -0.315 e. The second-order valence-electron chi connectivity index (χ2n) is 4.01. The summed E-state index contributed by atoms with van der Waals surface area (Å²) in [5.74, 6) is 0. The molecule has 1 unspecified atom stereocenters. The van der Waals surface area contributed by atoms with E-state index in [-0.39, 0.29) is 6.42 Å². The lowest BCUT2D eigenvalue weighted by Gasteiger charge is -2.20. The van der Waals surface area contributed by atoms with E-state index in [1.165, 1.54) is 13.2 Å². The van der Waals surface area contributed by atoms with Crippen molar-refractivity contribution in [3.63, 3.8) is 0 Å². The highest BCUT2D eigenvalue weighted by atomic mass is 16.7. The van der Waals surface area contributed by atoms with Gasteiger partial charge in [-0.1, -0.05) is 18.2 Å². The van der Waals surface area contributed by atoms with E-state index in [0.29, 0.717) is 5.70 Å². The topological polar surface area (TPSA) is 77.1 Å². The fraction of sp³-hybridized carbons (Fsp3) is 0.231. The van der Waals surface area contributed by atoms with Crippen LogP contribution in [-0.4, -0.2) is 17.8 Å². The molecule has 1 aromatic rings. The van der Waals surface area contributed by atoms with Gasteiger partial charge in [-0.3, -0.25) is 10.1 Å². The summed E-state index contributed by atoms with van der Waals surface area (Å²) in [6, 6.07) is 9.27. The number of benzene rings is 1. The Hall–Kier alpha value is -2.34. The number of azo groups is 1. The molecule has 1 aliphatic rings. The smallest absolute Gasteiger partial charge is 0.315 e. The van der Waals surface area contributed by atoms with Gasteiger partial charge in [0.25, 0.3) is 0 Å². The maximum Gasteiger partial charge on any atom is 0.348 e. The number of hydrogen-bond donors (Lipinski definition) is 0. The molecule has 6 nitrogen and oxygen atoms in total. The zero-order chi connectivity index (χ0) is 13.7. The second kappa shape index (κ2) is 5.53. The van der Waals surface area contributed by atoms with Crippen molar-refractivity contribution in [2.24, 2.45) is 10.2 Å². The van der Waals surface area contributed by atoms with Gasteiger partial charge >= 0.3 is 5.72 Å². The minimum absolute atomic E-state index is 0.135. The highest BCUT2D eigenvalue weighted by Gasteiger charge is 2.40. The lowest BCUT2D eigenvalue weighted by molar-refractivity contribution is -0.610. The Kier molecular flexibility index (Phi) is 3.82. The number of ether oxygens (including phenoxy) is 1. The zero-order valence-electron chi connectivity index (χ0n) is 10.4. The van der Waals surface area contributed by atoms with Gasteiger partial charge in [-0.2, -0.15) is 10.2 Å². The van der Waals surface area contributed by atoms with Crippen molar-refractivity contribution in [2.75, 3.05) is 7.11 Å². The van der Waals surface area contributed by atoms with Gasteiger partial charge in [-0.15, -0.1) is 0 Å². The lowest BCUT2D eigenvalue weighted by Crippen LogP contribution is -2.38. The Balaban J connectivity index is 2.09. The van der Waals surface area contributed by atoms with Crippen molar-refractivity contribution in [1.82, 2.24) is 0 Å². The van der Waals surface area contributed by atoms with E-state index in [9.17, 15) is 10.1 Å². The van der Waals surface area contributed by atoms with Gasteiger partial charge in [0.1, 0.15) is 0 Å². The Morgan fingerprint density at radius 2 is 2.05 bits per heavy atom. The first-order chi connectivity index (χ1) is 9.16. The normalized spacial score (nSPS) is 22.5. The van der Waals surface area contributed by atoms with E-state index in [4.69, 9.17) is 4.74 Å². The van der Waals surface area contributed by atoms with Crippen molar-refractivity contribution in [2.45, 2.75) is 12.1 Å². The van der Waals surface area contributed by atoms with Crippen LogP contribution >= 0.6 is 0 Å². The van der Waals surface area contributed by atoms with Crippen LogP contribution in [0.4, 0.5) is 5.69 Å². The van der Waals surface area contributed by atoms with Crippen LogP contribution in [0, 0.1) is 10.1 Å². The quantitative estimate of drug-likeness (QED) is 0.360. The molecule has 1 atom stereocenters. The Morgan fingerprint density at radius 1 is 1.32 bits per heavy atom. The van der Waals surface area contributed by atoms with Gasteiger partial charge in [0, 0.05) is 13.2 Å². The van der Waals surface area contributed by atoms with Crippen molar-refractivity contribution in [1.29, 1.82) is 0 Å². The molecule has 1 aliphatic carbocycles. The lowest BCUT2D eigenvalue weighted by atomic mass is 10.0. The number of allylic oxidation sites excluding steroid dienone is 1. The monoisotopic (exact) mass is 259 g/mol. The molecule has 0 heterocycles. The Bertz CT molecular complexity index is 552. The number of nitro groups is 1. The molecular formula is C13H13N3O3. The van der Waals surface area contributed by atoms with Gasteiger partial charge in [-0.25, -0.2) is 0 Å². The SMILES string of the molecule is COC1([N+](=O)[O-])C=CC(N=Nc2ccccc2)=CC1. The number of rotatable bonds is 4. The molecule has 0 radical (unpaired) electrons. The van der Waals surface area contributed by atoms with Crippen LogP contribution in [0.2, 0.25) is 0 Å². The summed E-state index contributed by atoms with van der Waals surface area (Å²) in [7, 11) is 1.32. The van der Waals surface area contributed by atoms with Crippen LogP contribution < -0.4 is 0 Å². The summed E-state index contributed by atoms with van der Waals surface area (Å²) in [6.07, 6.45) is 4.71. The van der Waals surface area contributed by atoms with Gasteiger partial charge in [0.2, 0.25) is 0 Å². The van der Waals surface area contributed by atoms with Crippen molar-refractivity contribution in [3.05, 3.63) is 64.4 Å². The molecule has 19 heavy (non-hydrogen) atoms. The molecule has 0 saturated carbocycles. The maximum absolute atomic E-state index is 10.9. The molecule has 6 heteroatoms. The highest BCUT2D eigenvalue weighted by Crippen LogP contribution is 2.26. The molecular weight excluding hydrogens is 246 g/mol. The zero-order valence-corrected chi connectivity index (χ0v) is 10.4. The van der Waals surface area contributed by atoms with Gasteiger partial charge in [0.05, 0.1) is 22.7 Å². The molecule has 0 N–H and O–H groups in total. The largest absolute Gasteiger partial charge is 0.348 e. The van der Waals surface area contributed by atoms with Crippen molar-refractivity contribution >= 4 is 5.69 Å². The summed E-state index contributed by atoms with van der Waals surface area (Å²) >= 11 is 0. The molecule has 0 aliphatic heterocycles. The fourth-order valence-corrected chi connectivity index (χ4v) is 1.65. The van der Waals surface area contributed by atoms with Gasteiger partial charge in [0.15, 0.2) is 0 Å². The third-order valence-corrected chi connectivity index (χ3v) is 2.82. The van der Waals surface area contributed by atoms with E-state index in [0.717, 1.165) is 5.69 Å². The third-order valence-electron chi connectivity index (χ3n) is 2.82. The van der Waals surface area contributed by atoms with Crippen LogP contribution in [-0.2, 0) is 4.74 Å². The van der Waals surface area contributed by atoms with Crippen molar-refractivity contribution in [3.8, 4) is 0 Å². The first-order valence-corrected chi connectivity index (χ1v) is 5.72. The number of nitrogens with zero attached hydrogens (tertiary/aromatic N) is 3. The molecule has 1 aromatic carbocycles.